The monoisotopic (exact) mass is 264 g/mol. The highest BCUT2D eigenvalue weighted by atomic mass is 32.1. The van der Waals surface area contributed by atoms with E-state index in [4.69, 9.17) is 18.0 Å². The molecule has 0 aromatic carbocycles. The van der Waals surface area contributed by atoms with E-state index in [-0.39, 0.29) is 10.5 Å². The lowest BCUT2D eigenvalue weighted by molar-refractivity contribution is 0.569. The third kappa shape index (κ3) is 2.48. The van der Waals surface area contributed by atoms with Gasteiger partial charge in [-0.3, -0.25) is 4.79 Å². The quantitative estimate of drug-likeness (QED) is 0.655. The molecule has 0 spiro atoms. The number of rotatable bonds is 5. The Morgan fingerprint density at radius 2 is 2.22 bits per heavy atom. The lowest BCUT2D eigenvalue weighted by Crippen LogP contribution is -2.31. The van der Waals surface area contributed by atoms with Gasteiger partial charge in [-0.1, -0.05) is 32.0 Å². The Morgan fingerprint density at radius 3 is 2.89 bits per heavy atom. The molecule has 0 unspecified atom stereocenters. The molecule has 3 nitrogen and oxygen atoms in total. The van der Waals surface area contributed by atoms with Gasteiger partial charge in [0, 0.05) is 12.2 Å². The van der Waals surface area contributed by atoms with E-state index in [0.29, 0.717) is 5.56 Å². The van der Waals surface area contributed by atoms with Crippen molar-refractivity contribution in [3.8, 4) is 0 Å². The molecular weight excluding hydrogens is 244 g/mol. The van der Waals surface area contributed by atoms with Crippen LogP contribution >= 0.6 is 12.2 Å². The molecule has 0 bridgehead atoms. The summed E-state index contributed by atoms with van der Waals surface area (Å²) in [5.74, 6) is 0. The number of hydrogen-bond acceptors (Lipinski definition) is 2. The van der Waals surface area contributed by atoms with Gasteiger partial charge in [0.05, 0.1) is 5.56 Å². The summed E-state index contributed by atoms with van der Waals surface area (Å²) in [6.07, 6.45) is 6.53. The third-order valence-electron chi connectivity index (χ3n) is 3.60. The molecule has 0 saturated heterocycles. The Labute approximate surface area is 113 Å². The molecule has 1 aliphatic carbocycles. The number of fused-ring (bicyclic) bond motifs is 1. The second-order valence-corrected chi connectivity index (χ2v) is 5.35. The summed E-state index contributed by atoms with van der Waals surface area (Å²) >= 11 is 4.98. The van der Waals surface area contributed by atoms with E-state index in [1.165, 1.54) is 11.3 Å². The number of aryl methyl sites for hydroxylation is 1. The van der Waals surface area contributed by atoms with Gasteiger partial charge in [0.2, 0.25) is 0 Å². The van der Waals surface area contributed by atoms with Gasteiger partial charge in [0.15, 0.2) is 0 Å². The molecule has 0 saturated carbocycles. The summed E-state index contributed by atoms with van der Waals surface area (Å²) in [6.45, 7) is 2.96. The van der Waals surface area contributed by atoms with Crippen LogP contribution in [0.1, 0.15) is 49.4 Å². The van der Waals surface area contributed by atoms with Gasteiger partial charge in [0.25, 0.3) is 5.56 Å². The van der Waals surface area contributed by atoms with E-state index in [0.717, 1.165) is 45.1 Å². The molecule has 4 heteroatoms. The number of hydrogen-bond donors (Lipinski definition) is 1. The van der Waals surface area contributed by atoms with Crippen LogP contribution in [-0.2, 0) is 19.4 Å². The summed E-state index contributed by atoms with van der Waals surface area (Å²) in [6, 6.07) is 1.91. The second kappa shape index (κ2) is 5.65. The topological polar surface area (TPSA) is 48.0 Å². The smallest absolute Gasteiger partial charge is 0.261 e. The maximum absolute atomic E-state index is 12.4. The van der Waals surface area contributed by atoms with Crippen LogP contribution in [0.25, 0.3) is 0 Å². The van der Waals surface area contributed by atoms with Crippen molar-refractivity contribution < 1.29 is 0 Å². The van der Waals surface area contributed by atoms with Gasteiger partial charge in [-0.15, -0.1) is 0 Å². The predicted octanol–water partition coefficient (Wildman–Crippen LogP) is 2.16. The Hall–Kier alpha value is -1.16. The first kappa shape index (κ1) is 13.3. The fourth-order valence-electron chi connectivity index (χ4n) is 2.65. The highest BCUT2D eigenvalue weighted by Gasteiger charge is 2.19. The molecule has 1 aromatic heterocycles. The fourth-order valence-corrected chi connectivity index (χ4v) is 2.80. The highest BCUT2D eigenvalue weighted by Crippen LogP contribution is 2.21. The molecule has 2 N–H and O–H groups in total. The number of nitrogens with two attached hydrogens (primary N) is 1. The molecule has 1 heterocycles. The molecule has 0 fully saturated rings. The zero-order valence-corrected chi connectivity index (χ0v) is 11.7. The second-order valence-electron chi connectivity index (χ2n) is 4.91. The van der Waals surface area contributed by atoms with Crippen molar-refractivity contribution >= 4 is 17.2 Å². The minimum Gasteiger partial charge on any atom is -0.389 e. The zero-order valence-electron chi connectivity index (χ0n) is 10.9. The van der Waals surface area contributed by atoms with Crippen LogP contribution in [0.5, 0.6) is 0 Å². The van der Waals surface area contributed by atoms with Crippen molar-refractivity contribution in [2.45, 2.75) is 52.0 Å². The van der Waals surface area contributed by atoms with E-state index in [1.54, 1.807) is 0 Å². The lowest BCUT2D eigenvalue weighted by atomic mass is 10.1. The Balaban J connectivity index is 2.42. The minimum atomic E-state index is -0.000692. The van der Waals surface area contributed by atoms with Gasteiger partial charge in [-0.2, -0.15) is 0 Å². The van der Waals surface area contributed by atoms with E-state index in [2.05, 4.69) is 6.92 Å². The van der Waals surface area contributed by atoms with Crippen molar-refractivity contribution in [1.29, 1.82) is 0 Å². The van der Waals surface area contributed by atoms with Crippen LogP contribution in [0.15, 0.2) is 10.9 Å². The van der Waals surface area contributed by atoms with Crippen LogP contribution < -0.4 is 11.3 Å². The molecule has 1 aliphatic rings. The summed E-state index contributed by atoms with van der Waals surface area (Å²) in [4.78, 5) is 12.6. The maximum Gasteiger partial charge on any atom is 0.261 e. The molecular formula is C14H20N2OS. The fraction of sp³-hybridized carbons (Fsp3) is 0.571. The highest BCUT2D eigenvalue weighted by molar-refractivity contribution is 7.80. The summed E-state index contributed by atoms with van der Waals surface area (Å²) < 4.78 is 1.91. The van der Waals surface area contributed by atoms with Crippen LogP contribution in [0, 0.1) is 0 Å². The Bertz CT molecular complexity index is 519. The van der Waals surface area contributed by atoms with E-state index in [9.17, 15) is 4.79 Å². The number of pyridine rings is 1. The molecule has 0 aliphatic heterocycles. The van der Waals surface area contributed by atoms with Gasteiger partial charge < -0.3 is 10.3 Å². The largest absolute Gasteiger partial charge is 0.389 e. The lowest BCUT2D eigenvalue weighted by Gasteiger charge is -2.14. The minimum absolute atomic E-state index is 0.000692. The van der Waals surface area contributed by atoms with Crippen LogP contribution in [0.2, 0.25) is 0 Å². The maximum atomic E-state index is 12.4. The first-order valence-corrected chi connectivity index (χ1v) is 7.11. The van der Waals surface area contributed by atoms with Gasteiger partial charge in [-0.25, -0.2) is 0 Å². The van der Waals surface area contributed by atoms with E-state index in [1.807, 2.05) is 10.6 Å². The van der Waals surface area contributed by atoms with E-state index >= 15 is 0 Å². The summed E-state index contributed by atoms with van der Waals surface area (Å²) in [5.41, 5.74) is 8.63. The molecule has 0 amide bonds. The van der Waals surface area contributed by atoms with Crippen molar-refractivity contribution in [2.24, 2.45) is 5.73 Å². The zero-order chi connectivity index (χ0) is 13.1. The average Bonchev–Trinajstić information content (AvgIpc) is 2.79. The molecule has 0 atom stereocenters. The normalized spacial score (nSPS) is 13.6. The van der Waals surface area contributed by atoms with Gasteiger partial charge in [0.1, 0.15) is 4.99 Å². The van der Waals surface area contributed by atoms with Crippen LogP contribution in [-0.4, -0.2) is 9.56 Å². The third-order valence-corrected chi connectivity index (χ3v) is 3.82. The van der Waals surface area contributed by atoms with Crippen molar-refractivity contribution in [3.63, 3.8) is 0 Å². The average molecular weight is 264 g/mol. The first-order chi connectivity index (χ1) is 8.65. The van der Waals surface area contributed by atoms with Gasteiger partial charge in [-0.05, 0) is 37.3 Å². The van der Waals surface area contributed by atoms with Crippen LogP contribution in [0.3, 0.4) is 0 Å². The predicted molar refractivity (Wildman–Crippen MR) is 78.1 cm³/mol. The standard InChI is InChI=1S/C14H20N2OS/c1-2-3-4-8-16-12-7-5-6-10(12)9-11(13(15)18)14(16)17/h9H,2-8H2,1H3,(H2,15,18). The summed E-state index contributed by atoms with van der Waals surface area (Å²) in [5, 5.41) is 0. The Morgan fingerprint density at radius 1 is 1.44 bits per heavy atom. The number of nitrogens with zero attached hydrogens (tertiary/aromatic N) is 1. The number of unbranched alkanes of at least 4 members (excludes halogenated alkanes) is 2. The SMILES string of the molecule is CCCCCn1c2c(cc(C(N)=S)c1=O)CCC2. The Kier molecular flexibility index (Phi) is 4.17. The summed E-state index contributed by atoms with van der Waals surface area (Å²) in [7, 11) is 0. The van der Waals surface area contributed by atoms with Crippen molar-refractivity contribution in [2.75, 3.05) is 0 Å². The van der Waals surface area contributed by atoms with Crippen molar-refractivity contribution in [1.82, 2.24) is 4.57 Å². The first-order valence-electron chi connectivity index (χ1n) is 6.70. The molecule has 98 valence electrons. The van der Waals surface area contributed by atoms with Crippen LogP contribution in [0.4, 0.5) is 0 Å². The van der Waals surface area contributed by atoms with Crippen molar-refractivity contribution in [3.05, 3.63) is 33.2 Å². The van der Waals surface area contributed by atoms with Gasteiger partial charge >= 0.3 is 0 Å². The van der Waals surface area contributed by atoms with E-state index < -0.39 is 0 Å². The molecule has 0 radical (unpaired) electrons. The number of thiocarbonyl (C=S) groups is 1. The number of aromatic nitrogens is 1. The molecule has 1 aromatic rings. The molecule has 2 rings (SSSR count). The molecule has 18 heavy (non-hydrogen) atoms.